The summed E-state index contributed by atoms with van der Waals surface area (Å²) in [4.78, 5) is 2.59. The molecule has 1 N–H and O–H groups in total. The van der Waals surface area contributed by atoms with Crippen LogP contribution in [0.5, 0.6) is 5.75 Å². The van der Waals surface area contributed by atoms with Gasteiger partial charge in [0.15, 0.2) is 5.75 Å². The summed E-state index contributed by atoms with van der Waals surface area (Å²) in [6, 6.07) is 5.02. The topological polar surface area (TPSA) is 24.5 Å². The van der Waals surface area contributed by atoms with Crippen molar-refractivity contribution in [1.82, 2.24) is 4.90 Å². The molecule has 0 bridgehead atoms. The van der Waals surface area contributed by atoms with Crippen LogP contribution < -0.4 is 10.1 Å². The van der Waals surface area contributed by atoms with Gasteiger partial charge in [-0.05, 0) is 60.8 Å². The molecule has 1 aromatic rings. The van der Waals surface area contributed by atoms with Crippen molar-refractivity contribution in [3.8, 4) is 5.75 Å². The van der Waals surface area contributed by atoms with Gasteiger partial charge in [0.2, 0.25) is 0 Å². The SMILES string of the molecule is CCOc1c(Br)cc(Cl)cc1NC1CCN2CCCC12. The second-order valence-corrected chi connectivity index (χ2v) is 6.77. The van der Waals surface area contributed by atoms with Gasteiger partial charge in [-0.25, -0.2) is 0 Å². The number of ether oxygens (including phenoxy) is 1. The first kappa shape index (κ1) is 14.5. The number of hydrogen-bond donors (Lipinski definition) is 1. The van der Waals surface area contributed by atoms with E-state index in [0.29, 0.717) is 18.7 Å². The monoisotopic (exact) mass is 358 g/mol. The predicted molar refractivity (Wildman–Crippen MR) is 86.9 cm³/mol. The van der Waals surface area contributed by atoms with E-state index in [-0.39, 0.29) is 0 Å². The number of hydrogen-bond acceptors (Lipinski definition) is 3. The van der Waals surface area contributed by atoms with Crippen molar-refractivity contribution >= 4 is 33.2 Å². The lowest BCUT2D eigenvalue weighted by molar-refractivity contribution is 0.317. The highest BCUT2D eigenvalue weighted by atomic mass is 79.9. The van der Waals surface area contributed by atoms with Gasteiger partial charge in [0.1, 0.15) is 0 Å². The molecule has 0 saturated carbocycles. The lowest BCUT2D eigenvalue weighted by Gasteiger charge is -2.24. The van der Waals surface area contributed by atoms with Crippen LogP contribution in [0, 0.1) is 0 Å². The second kappa shape index (κ2) is 6.12. The van der Waals surface area contributed by atoms with Crippen molar-refractivity contribution < 1.29 is 4.74 Å². The van der Waals surface area contributed by atoms with Gasteiger partial charge < -0.3 is 10.1 Å². The maximum Gasteiger partial charge on any atom is 0.156 e. The number of nitrogens with one attached hydrogen (secondary N) is 1. The summed E-state index contributed by atoms with van der Waals surface area (Å²) in [5.74, 6) is 0.869. The van der Waals surface area contributed by atoms with E-state index in [4.69, 9.17) is 16.3 Å². The van der Waals surface area contributed by atoms with Crippen LogP contribution >= 0.6 is 27.5 Å². The Morgan fingerprint density at radius 1 is 1.40 bits per heavy atom. The fraction of sp³-hybridized carbons (Fsp3) is 0.600. The van der Waals surface area contributed by atoms with Crippen molar-refractivity contribution in [3.63, 3.8) is 0 Å². The molecule has 2 atom stereocenters. The number of benzene rings is 1. The first-order valence-corrected chi connectivity index (χ1v) is 8.48. The summed E-state index contributed by atoms with van der Waals surface area (Å²) in [7, 11) is 0. The van der Waals surface area contributed by atoms with Crippen LogP contribution in [0.4, 0.5) is 5.69 Å². The highest BCUT2D eigenvalue weighted by Crippen LogP contribution is 2.39. The Balaban J connectivity index is 1.82. The molecule has 0 aliphatic carbocycles. The quantitative estimate of drug-likeness (QED) is 0.874. The Bertz CT molecular complexity index is 497. The van der Waals surface area contributed by atoms with Crippen LogP contribution in [0.15, 0.2) is 16.6 Å². The van der Waals surface area contributed by atoms with E-state index in [1.807, 2.05) is 19.1 Å². The Morgan fingerprint density at radius 3 is 3.05 bits per heavy atom. The maximum absolute atomic E-state index is 6.18. The van der Waals surface area contributed by atoms with E-state index in [1.165, 1.54) is 32.4 Å². The van der Waals surface area contributed by atoms with Crippen molar-refractivity contribution in [3.05, 3.63) is 21.6 Å². The number of halogens is 2. The maximum atomic E-state index is 6.18. The van der Waals surface area contributed by atoms with E-state index in [2.05, 4.69) is 26.1 Å². The first-order chi connectivity index (χ1) is 9.69. The van der Waals surface area contributed by atoms with E-state index in [9.17, 15) is 0 Å². The Hall–Kier alpha value is -0.450. The van der Waals surface area contributed by atoms with Crippen LogP contribution in [-0.2, 0) is 0 Å². The summed E-state index contributed by atoms with van der Waals surface area (Å²) >= 11 is 9.73. The molecule has 0 radical (unpaired) electrons. The average Bonchev–Trinajstić information content (AvgIpc) is 2.98. The molecule has 20 heavy (non-hydrogen) atoms. The van der Waals surface area contributed by atoms with Crippen molar-refractivity contribution in [2.45, 2.75) is 38.3 Å². The van der Waals surface area contributed by atoms with Gasteiger partial charge in [-0.3, -0.25) is 4.90 Å². The standard InChI is InChI=1S/C15H20BrClN2O/c1-2-20-15-11(16)8-10(17)9-13(15)18-12-5-7-19-6-3-4-14(12)19/h8-9,12,14,18H,2-7H2,1H3. The molecule has 2 aliphatic heterocycles. The molecule has 2 fully saturated rings. The molecule has 0 aromatic heterocycles. The van der Waals surface area contributed by atoms with Crippen LogP contribution in [0.1, 0.15) is 26.2 Å². The van der Waals surface area contributed by atoms with Crippen molar-refractivity contribution in [2.24, 2.45) is 0 Å². The van der Waals surface area contributed by atoms with E-state index >= 15 is 0 Å². The van der Waals surface area contributed by atoms with Crippen LogP contribution in [-0.4, -0.2) is 36.7 Å². The second-order valence-electron chi connectivity index (χ2n) is 5.48. The molecule has 3 rings (SSSR count). The minimum atomic E-state index is 0.502. The first-order valence-electron chi connectivity index (χ1n) is 7.31. The fourth-order valence-electron chi connectivity index (χ4n) is 3.41. The molecule has 0 spiro atoms. The van der Waals surface area contributed by atoms with Crippen molar-refractivity contribution in [2.75, 3.05) is 25.0 Å². The van der Waals surface area contributed by atoms with Crippen LogP contribution in [0.3, 0.4) is 0 Å². The highest BCUT2D eigenvalue weighted by Gasteiger charge is 2.37. The molecular formula is C15H20BrClN2O. The zero-order chi connectivity index (χ0) is 14.1. The fourth-order valence-corrected chi connectivity index (χ4v) is 4.33. The third-order valence-electron chi connectivity index (χ3n) is 4.24. The lowest BCUT2D eigenvalue weighted by Crippen LogP contribution is -2.33. The summed E-state index contributed by atoms with van der Waals surface area (Å²) in [5, 5.41) is 4.39. The summed E-state index contributed by atoms with van der Waals surface area (Å²) in [6.07, 6.45) is 3.81. The Morgan fingerprint density at radius 2 is 2.25 bits per heavy atom. The minimum absolute atomic E-state index is 0.502. The number of fused-ring (bicyclic) bond motifs is 1. The van der Waals surface area contributed by atoms with Gasteiger partial charge in [0.25, 0.3) is 0 Å². The molecule has 0 amide bonds. The molecule has 2 saturated heterocycles. The molecule has 1 aromatic carbocycles. The third-order valence-corrected chi connectivity index (χ3v) is 5.05. The van der Waals surface area contributed by atoms with E-state index in [0.717, 1.165) is 20.9 Å². The summed E-state index contributed by atoms with van der Waals surface area (Å²) in [6.45, 7) is 5.10. The number of nitrogens with zero attached hydrogens (tertiary/aromatic N) is 1. The lowest BCUT2D eigenvalue weighted by atomic mass is 10.1. The number of anilines is 1. The smallest absolute Gasteiger partial charge is 0.156 e. The molecule has 110 valence electrons. The molecule has 5 heteroatoms. The van der Waals surface area contributed by atoms with Crippen LogP contribution in [0.25, 0.3) is 0 Å². The van der Waals surface area contributed by atoms with Gasteiger partial charge in [-0.1, -0.05) is 11.6 Å². The predicted octanol–water partition coefficient (Wildman–Crippen LogP) is 4.15. The van der Waals surface area contributed by atoms with Gasteiger partial charge in [-0.15, -0.1) is 0 Å². The van der Waals surface area contributed by atoms with Gasteiger partial charge >= 0.3 is 0 Å². The van der Waals surface area contributed by atoms with Crippen LogP contribution in [0.2, 0.25) is 5.02 Å². The average molecular weight is 360 g/mol. The highest BCUT2D eigenvalue weighted by molar-refractivity contribution is 9.10. The minimum Gasteiger partial charge on any atom is -0.491 e. The summed E-state index contributed by atoms with van der Waals surface area (Å²) < 4.78 is 6.68. The van der Waals surface area contributed by atoms with Gasteiger partial charge in [-0.2, -0.15) is 0 Å². The zero-order valence-electron chi connectivity index (χ0n) is 11.7. The normalized spacial score (nSPS) is 25.8. The molecule has 2 unspecified atom stereocenters. The molecule has 3 nitrogen and oxygen atoms in total. The largest absolute Gasteiger partial charge is 0.491 e. The summed E-state index contributed by atoms with van der Waals surface area (Å²) in [5.41, 5.74) is 1.00. The number of rotatable bonds is 4. The Kier molecular flexibility index (Phi) is 4.43. The zero-order valence-corrected chi connectivity index (χ0v) is 14.0. The molecule has 2 aliphatic rings. The van der Waals surface area contributed by atoms with Gasteiger partial charge in [0, 0.05) is 23.7 Å². The molecule has 2 heterocycles. The third kappa shape index (κ3) is 2.78. The molecular weight excluding hydrogens is 340 g/mol. The Labute approximate surface area is 133 Å². The van der Waals surface area contributed by atoms with E-state index in [1.54, 1.807) is 0 Å². The van der Waals surface area contributed by atoms with Gasteiger partial charge in [0.05, 0.1) is 16.8 Å². The van der Waals surface area contributed by atoms with E-state index < -0.39 is 0 Å². The van der Waals surface area contributed by atoms with Crippen molar-refractivity contribution in [1.29, 1.82) is 0 Å².